The summed E-state index contributed by atoms with van der Waals surface area (Å²) in [4.78, 5) is 0. The van der Waals surface area contributed by atoms with Crippen LogP contribution in [-0.4, -0.2) is 20.0 Å². The van der Waals surface area contributed by atoms with Crippen molar-refractivity contribution < 1.29 is 23.4 Å². The molecule has 27 heavy (non-hydrogen) atoms. The Balaban J connectivity index is 1.86. The van der Waals surface area contributed by atoms with E-state index in [-0.39, 0.29) is 10.8 Å². The van der Waals surface area contributed by atoms with E-state index in [0.717, 1.165) is 21.9 Å². The van der Waals surface area contributed by atoms with Crippen LogP contribution in [0, 0.1) is 17.5 Å². The number of aromatic hydroxyl groups is 2. The largest absolute Gasteiger partial charge is 0.506 e. The minimum atomic E-state index is -1.77. The molecule has 4 rings (SSSR count). The second-order valence-corrected chi connectivity index (χ2v) is 6.26. The molecule has 0 fully saturated rings. The molecule has 2 N–H and O–H groups in total. The summed E-state index contributed by atoms with van der Waals surface area (Å²) in [6.07, 6.45) is 1.43. The van der Waals surface area contributed by atoms with Gasteiger partial charge in [-0.25, -0.2) is 13.5 Å². The lowest BCUT2D eigenvalue weighted by Gasteiger charge is -2.09. The topological polar surface area (TPSA) is 58.3 Å². The molecule has 136 valence electrons. The quantitative estimate of drug-likeness (QED) is 0.464. The maximum atomic E-state index is 14.1. The summed E-state index contributed by atoms with van der Waals surface area (Å²) in [7, 11) is 0. The van der Waals surface area contributed by atoms with Crippen LogP contribution in [0.1, 0.15) is 0 Å². The van der Waals surface area contributed by atoms with E-state index in [9.17, 15) is 23.4 Å². The van der Waals surface area contributed by atoms with Crippen molar-refractivity contribution in [2.24, 2.45) is 0 Å². The number of phenolic OH excluding ortho intramolecular Hbond substituents is 2. The van der Waals surface area contributed by atoms with Gasteiger partial charge < -0.3 is 10.2 Å². The molecule has 1 aromatic heterocycles. The number of benzene rings is 3. The standard InChI is InChI=1S/C19H10ClF3N2O2/c20-12-6-10(2-4-15(12)26)9-1-3-13-11(5-9)8-24-25(13)14-7-16(27)18(22)19(23)17(14)21/h1-8,26-27H. The minimum absolute atomic E-state index is 0.0390. The predicted molar refractivity (Wildman–Crippen MR) is 94.7 cm³/mol. The molecule has 0 bridgehead atoms. The van der Waals surface area contributed by atoms with E-state index in [2.05, 4.69) is 5.10 Å². The molecular formula is C19H10ClF3N2O2. The number of halogens is 4. The molecule has 3 aromatic carbocycles. The first-order valence-corrected chi connectivity index (χ1v) is 8.08. The zero-order valence-corrected chi connectivity index (χ0v) is 14.2. The molecule has 0 unspecified atom stereocenters. The van der Waals surface area contributed by atoms with Crippen LogP contribution in [-0.2, 0) is 0 Å². The predicted octanol–water partition coefficient (Wildman–Crippen LogP) is 5.17. The summed E-state index contributed by atoms with van der Waals surface area (Å²) in [5, 5.41) is 23.8. The molecule has 0 saturated heterocycles. The van der Waals surface area contributed by atoms with E-state index in [1.165, 1.54) is 12.3 Å². The number of hydrogen-bond donors (Lipinski definition) is 2. The Morgan fingerprint density at radius 3 is 2.26 bits per heavy atom. The molecule has 0 atom stereocenters. The van der Waals surface area contributed by atoms with E-state index >= 15 is 0 Å². The lowest BCUT2D eigenvalue weighted by Crippen LogP contribution is -2.03. The van der Waals surface area contributed by atoms with Gasteiger partial charge in [-0.2, -0.15) is 9.49 Å². The van der Waals surface area contributed by atoms with Crippen molar-refractivity contribution in [2.75, 3.05) is 0 Å². The summed E-state index contributed by atoms with van der Waals surface area (Å²) in [5.74, 6) is -5.93. The van der Waals surface area contributed by atoms with Crippen molar-refractivity contribution in [2.45, 2.75) is 0 Å². The fraction of sp³-hybridized carbons (Fsp3) is 0. The lowest BCUT2D eigenvalue weighted by atomic mass is 10.0. The molecule has 0 amide bonds. The average Bonchev–Trinajstić information content (AvgIpc) is 3.08. The van der Waals surface area contributed by atoms with Gasteiger partial charge in [-0.15, -0.1) is 0 Å². The molecule has 0 radical (unpaired) electrons. The van der Waals surface area contributed by atoms with E-state index in [0.29, 0.717) is 10.9 Å². The number of fused-ring (bicyclic) bond motifs is 1. The number of nitrogens with zero attached hydrogens (tertiary/aromatic N) is 2. The first-order valence-electron chi connectivity index (χ1n) is 7.70. The first kappa shape index (κ1) is 17.2. The monoisotopic (exact) mass is 390 g/mol. The third kappa shape index (κ3) is 2.76. The van der Waals surface area contributed by atoms with E-state index in [1.807, 2.05) is 0 Å². The van der Waals surface area contributed by atoms with Gasteiger partial charge in [0.25, 0.3) is 0 Å². The Hall–Kier alpha value is -3.19. The van der Waals surface area contributed by atoms with Crippen LogP contribution >= 0.6 is 11.6 Å². The van der Waals surface area contributed by atoms with Gasteiger partial charge >= 0.3 is 0 Å². The Labute approximate surface area is 155 Å². The van der Waals surface area contributed by atoms with Gasteiger partial charge in [-0.3, -0.25) is 0 Å². The van der Waals surface area contributed by atoms with E-state index in [4.69, 9.17) is 11.6 Å². The van der Waals surface area contributed by atoms with Gasteiger partial charge in [-0.1, -0.05) is 23.7 Å². The Morgan fingerprint density at radius 1 is 0.815 bits per heavy atom. The third-order valence-electron chi connectivity index (χ3n) is 4.19. The molecular weight excluding hydrogens is 381 g/mol. The maximum Gasteiger partial charge on any atom is 0.203 e. The Morgan fingerprint density at radius 2 is 1.52 bits per heavy atom. The molecule has 0 aliphatic carbocycles. The highest BCUT2D eigenvalue weighted by Gasteiger charge is 2.21. The van der Waals surface area contributed by atoms with Gasteiger partial charge in [0.2, 0.25) is 11.6 Å². The molecule has 1 heterocycles. The van der Waals surface area contributed by atoms with Crippen molar-refractivity contribution in [1.29, 1.82) is 0 Å². The van der Waals surface area contributed by atoms with Crippen LogP contribution < -0.4 is 0 Å². The van der Waals surface area contributed by atoms with Gasteiger partial charge in [0.1, 0.15) is 11.4 Å². The van der Waals surface area contributed by atoms with Crippen molar-refractivity contribution in [3.05, 3.63) is 71.1 Å². The highest BCUT2D eigenvalue weighted by atomic mass is 35.5. The van der Waals surface area contributed by atoms with Crippen LogP contribution in [0.5, 0.6) is 11.5 Å². The van der Waals surface area contributed by atoms with Crippen molar-refractivity contribution in [1.82, 2.24) is 9.78 Å². The molecule has 4 aromatic rings. The van der Waals surface area contributed by atoms with Gasteiger partial charge in [-0.05, 0) is 35.4 Å². The lowest BCUT2D eigenvalue weighted by molar-refractivity contribution is 0.385. The summed E-state index contributed by atoms with van der Waals surface area (Å²) < 4.78 is 42.1. The van der Waals surface area contributed by atoms with E-state index in [1.54, 1.807) is 30.3 Å². The third-order valence-corrected chi connectivity index (χ3v) is 4.49. The highest BCUT2D eigenvalue weighted by molar-refractivity contribution is 6.32. The summed E-state index contributed by atoms with van der Waals surface area (Å²) in [6, 6.07) is 10.6. The molecule has 0 saturated carbocycles. The average molecular weight is 391 g/mol. The van der Waals surface area contributed by atoms with Crippen LogP contribution in [0.25, 0.3) is 27.7 Å². The molecule has 0 spiro atoms. The summed E-state index contributed by atoms with van der Waals surface area (Å²) in [6.45, 7) is 0. The van der Waals surface area contributed by atoms with Crippen molar-refractivity contribution in [3.63, 3.8) is 0 Å². The minimum Gasteiger partial charge on any atom is -0.506 e. The van der Waals surface area contributed by atoms with Crippen LogP contribution in [0.3, 0.4) is 0 Å². The van der Waals surface area contributed by atoms with Crippen LogP contribution in [0.4, 0.5) is 13.2 Å². The molecule has 4 nitrogen and oxygen atoms in total. The molecule has 0 aliphatic rings. The van der Waals surface area contributed by atoms with Gasteiger partial charge in [0.05, 0.1) is 16.7 Å². The second-order valence-electron chi connectivity index (χ2n) is 5.85. The SMILES string of the molecule is Oc1ccc(-c2ccc3c(cnn3-c3cc(O)c(F)c(F)c3F)c2)cc1Cl. The van der Waals surface area contributed by atoms with Crippen molar-refractivity contribution in [3.8, 4) is 28.3 Å². The van der Waals surface area contributed by atoms with Gasteiger partial charge in [0.15, 0.2) is 11.6 Å². The van der Waals surface area contributed by atoms with Crippen LogP contribution in [0.2, 0.25) is 5.02 Å². The summed E-state index contributed by atoms with van der Waals surface area (Å²) in [5.41, 5.74) is 1.51. The molecule has 8 heteroatoms. The Bertz CT molecular complexity index is 1210. The highest BCUT2D eigenvalue weighted by Crippen LogP contribution is 2.33. The first-order chi connectivity index (χ1) is 12.9. The summed E-state index contributed by atoms with van der Waals surface area (Å²) >= 11 is 5.93. The molecule has 0 aliphatic heterocycles. The Kier molecular flexibility index (Phi) is 3.96. The smallest absolute Gasteiger partial charge is 0.203 e. The number of rotatable bonds is 2. The van der Waals surface area contributed by atoms with Crippen molar-refractivity contribution >= 4 is 22.5 Å². The number of aromatic nitrogens is 2. The van der Waals surface area contributed by atoms with Crippen LogP contribution in [0.15, 0.2) is 48.7 Å². The normalized spacial score (nSPS) is 11.3. The zero-order chi connectivity index (χ0) is 19.3. The number of hydrogen-bond acceptors (Lipinski definition) is 3. The fourth-order valence-electron chi connectivity index (χ4n) is 2.82. The maximum absolute atomic E-state index is 14.1. The van der Waals surface area contributed by atoms with E-state index < -0.39 is 28.9 Å². The van der Waals surface area contributed by atoms with Gasteiger partial charge in [0, 0.05) is 11.5 Å². The second kappa shape index (κ2) is 6.21. The zero-order valence-electron chi connectivity index (χ0n) is 13.4. The number of phenols is 2. The fourth-order valence-corrected chi connectivity index (χ4v) is 3.00.